The first kappa shape index (κ1) is 12.9. The highest BCUT2D eigenvalue weighted by atomic mass is 16.5. The standard InChI is InChI=1S/C15H20N2O/c1-2-3-4-5-7-13-8-6-9-15(17-13)18-14-10-11-16-12-14/h6,8-9,14,16H,2-4,10-12H2,1H3. The Kier molecular flexibility index (Phi) is 5.04. The van der Waals surface area contributed by atoms with Crippen molar-refractivity contribution in [2.45, 2.75) is 38.7 Å². The first-order valence-corrected chi connectivity index (χ1v) is 6.72. The summed E-state index contributed by atoms with van der Waals surface area (Å²) >= 11 is 0. The van der Waals surface area contributed by atoms with E-state index in [0.717, 1.165) is 38.0 Å². The summed E-state index contributed by atoms with van der Waals surface area (Å²) < 4.78 is 5.80. The van der Waals surface area contributed by atoms with Gasteiger partial charge in [0.1, 0.15) is 11.8 Å². The van der Waals surface area contributed by atoms with Crippen molar-refractivity contribution < 1.29 is 4.74 Å². The van der Waals surface area contributed by atoms with Gasteiger partial charge in [-0.1, -0.05) is 25.3 Å². The van der Waals surface area contributed by atoms with E-state index in [-0.39, 0.29) is 6.10 Å². The van der Waals surface area contributed by atoms with E-state index in [0.29, 0.717) is 5.88 Å². The van der Waals surface area contributed by atoms with Gasteiger partial charge >= 0.3 is 0 Å². The lowest BCUT2D eigenvalue weighted by Gasteiger charge is -2.10. The van der Waals surface area contributed by atoms with Crippen LogP contribution in [-0.2, 0) is 0 Å². The fourth-order valence-electron chi connectivity index (χ4n) is 1.87. The summed E-state index contributed by atoms with van der Waals surface area (Å²) in [7, 11) is 0. The summed E-state index contributed by atoms with van der Waals surface area (Å²) in [6.45, 7) is 4.11. The summed E-state index contributed by atoms with van der Waals surface area (Å²) in [5.41, 5.74) is 0.801. The molecule has 1 atom stereocenters. The highest BCUT2D eigenvalue weighted by Gasteiger charge is 2.16. The minimum atomic E-state index is 0.251. The lowest BCUT2D eigenvalue weighted by molar-refractivity contribution is 0.214. The summed E-state index contributed by atoms with van der Waals surface area (Å²) in [6, 6.07) is 5.78. The molecule has 1 aliphatic rings. The van der Waals surface area contributed by atoms with Gasteiger partial charge in [-0.2, -0.15) is 0 Å². The average molecular weight is 244 g/mol. The molecule has 0 aromatic carbocycles. The van der Waals surface area contributed by atoms with Crippen LogP contribution in [0, 0.1) is 11.8 Å². The van der Waals surface area contributed by atoms with Crippen molar-refractivity contribution in [2.75, 3.05) is 13.1 Å². The molecule has 3 nitrogen and oxygen atoms in total. The zero-order valence-electron chi connectivity index (χ0n) is 10.9. The van der Waals surface area contributed by atoms with Gasteiger partial charge in [0.2, 0.25) is 5.88 Å². The molecule has 0 radical (unpaired) electrons. The number of nitrogens with one attached hydrogen (secondary N) is 1. The highest BCUT2D eigenvalue weighted by Crippen LogP contribution is 2.12. The lowest BCUT2D eigenvalue weighted by Crippen LogP contribution is -2.20. The lowest BCUT2D eigenvalue weighted by atomic mass is 10.2. The van der Waals surface area contributed by atoms with E-state index in [1.807, 2.05) is 18.2 Å². The second-order valence-electron chi connectivity index (χ2n) is 4.50. The Balaban J connectivity index is 1.93. The van der Waals surface area contributed by atoms with Gasteiger partial charge in [-0.15, -0.1) is 0 Å². The molecule has 1 saturated heterocycles. The first-order valence-electron chi connectivity index (χ1n) is 6.72. The van der Waals surface area contributed by atoms with Gasteiger partial charge in [0, 0.05) is 19.0 Å². The molecule has 0 aliphatic carbocycles. The van der Waals surface area contributed by atoms with Crippen molar-refractivity contribution in [3.8, 4) is 17.7 Å². The third-order valence-electron chi connectivity index (χ3n) is 2.90. The maximum absolute atomic E-state index is 5.80. The number of aromatic nitrogens is 1. The second kappa shape index (κ2) is 7.03. The molecule has 1 fully saturated rings. The molecular weight excluding hydrogens is 224 g/mol. The average Bonchev–Trinajstić information content (AvgIpc) is 2.88. The van der Waals surface area contributed by atoms with Crippen molar-refractivity contribution in [3.63, 3.8) is 0 Å². The van der Waals surface area contributed by atoms with Crippen LogP contribution in [0.1, 0.15) is 38.3 Å². The van der Waals surface area contributed by atoms with Crippen LogP contribution in [0.2, 0.25) is 0 Å². The number of hydrogen-bond donors (Lipinski definition) is 1. The predicted octanol–water partition coefficient (Wildman–Crippen LogP) is 2.36. The Hall–Kier alpha value is -1.53. The molecule has 1 aromatic rings. The van der Waals surface area contributed by atoms with Crippen LogP contribution in [0.3, 0.4) is 0 Å². The van der Waals surface area contributed by atoms with Crippen molar-refractivity contribution >= 4 is 0 Å². The fraction of sp³-hybridized carbons (Fsp3) is 0.533. The van der Waals surface area contributed by atoms with Gasteiger partial charge in [-0.3, -0.25) is 0 Å². The largest absolute Gasteiger partial charge is 0.473 e. The van der Waals surface area contributed by atoms with Crippen LogP contribution in [-0.4, -0.2) is 24.2 Å². The molecule has 0 bridgehead atoms. The molecule has 1 unspecified atom stereocenters. The van der Waals surface area contributed by atoms with Gasteiger partial charge in [0.05, 0.1) is 0 Å². The molecule has 1 N–H and O–H groups in total. The van der Waals surface area contributed by atoms with Gasteiger partial charge in [0.25, 0.3) is 0 Å². The number of pyridine rings is 1. The molecular formula is C15H20N2O. The maximum atomic E-state index is 5.80. The van der Waals surface area contributed by atoms with Gasteiger partial charge in [-0.25, -0.2) is 4.98 Å². The molecule has 2 heterocycles. The molecule has 3 heteroatoms. The molecule has 0 saturated carbocycles. The topological polar surface area (TPSA) is 34.1 Å². The molecule has 18 heavy (non-hydrogen) atoms. The first-order chi connectivity index (χ1) is 8.88. The molecule has 0 spiro atoms. The van der Waals surface area contributed by atoms with Crippen molar-refractivity contribution in [1.29, 1.82) is 0 Å². The van der Waals surface area contributed by atoms with E-state index in [9.17, 15) is 0 Å². The SMILES string of the molecule is CCCCC#Cc1cccc(OC2CCNC2)n1. The number of hydrogen-bond acceptors (Lipinski definition) is 3. The molecule has 1 aliphatic heterocycles. The van der Waals surface area contributed by atoms with Gasteiger partial charge < -0.3 is 10.1 Å². The maximum Gasteiger partial charge on any atom is 0.214 e. The van der Waals surface area contributed by atoms with Crippen molar-refractivity contribution in [3.05, 3.63) is 23.9 Å². The quantitative estimate of drug-likeness (QED) is 0.652. The van der Waals surface area contributed by atoms with Crippen molar-refractivity contribution in [1.82, 2.24) is 10.3 Å². The summed E-state index contributed by atoms with van der Waals surface area (Å²) in [6.07, 6.45) is 4.57. The van der Waals surface area contributed by atoms with Gasteiger partial charge in [-0.05, 0) is 31.4 Å². The summed E-state index contributed by atoms with van der Waals surface area (Å²) in [5, 5.41) is 3.27. The summed E-state index contributed by atoms with van der Waals surface area (Å²) in [5.74, 6) is 6.92. The van der Waals surface area contributed by atoms with Crippen LogP contribution >= 0.6 is 0 Å². The van der Waals surface area contributed by atoms with E-state index in [1.54, 1.807) is 0 Å². The normalized spacial score (nSPS) is 18.2. The van der Waals surface area contributed by atoms with E-state index >= 15 is 0 Å². The van der Waals surface area contributed by atoms with Crippen LogP contribution in [0.15, 0.2) is 18.2 Å². The smallest absolute Gasteiger partial charge is 0.214 e. The zero-order valence-corrected chi connectivity index (χ0v) is 10.9. The number of ether oxygens (including phenoxy) is 1. The van der Waals surface area contributed by atoms with E-state index < -0.39 is 0 Å². The minimum absolute atomic E-state index is 0.251. The van der Waals surface area contributed by atoms with E-state index in [4.69, 9.17) is 4.74 Å². The Morgan fingerprint density at radius 2 is 2.44 bits per heavy atom. The molecule has 1 aromatic heterocycles. The van der Waals surface area contributed by atoms with Crippen LogP contribution in [0.5, 0.6) is 5.88 Å². The summed E-state index contributed by atoms with van der Waals surface area (Å²) in [4.78, 5) is 4.41. The fourth-order valence-corrected chi connectivity index (χ4v) is 1.87. The van der Waals surface area contributed by atoms with Crippen LogP contribution < -0.4 is 10.1 Å². The van der Waals surface area contributed by atoms with Crippen LogP contribution in [0.4, 0.5) is 0 Å². The number of rotatable bonds is 4. The predicted molar refractivity (Wildman–Crippen MR) is 72.5 cm³/mol. The zero-order chi connectivity index (χ0) is 12.6. The number of nitrogens with zero attached hydrogens (tertiary/aromatic N) is 1. The van der Waals surface area contributed by atoms with Crippen LogP contribution in [0.25, 0.3) is 0 Å². The third kappa shape index (κ3) is 4.05. The Labute approximate surface area is 109 Å². The van der Waals surface area contributed by atoms with Crippen molar-refractivity contribution in [2.24, 2.45) is 0 Å². The molecule has 0 amide bonds. The Bertz CT molecular complexity index is 428. The minimum Gasteiger partial charge on any atom is -0.473 e. The highest BCUT2D eigenvalue weighted by molar-refractivity contribution is 5.30. The third-order valence-corrected chi connectivity index (χ3v) is 2.90. The second-order valence-corrected chi connectivity index (χ2v) is 4.50. The van der Waals surface area contributed by atoms with E-state index in [2.05, 4.69) is 29.1 Å². The van der Waals surface area contributed by atoms with E-state index in [1.165, 1.54) is 6.42 Å². The number of unbranched alkanes of at least 4 members (excludes halogenated alkanes) is 2. The molecule has 2 rings (SSSR count). The van der Waals surface area contributed by atoms with Gasteiger partial charge in [0.15, 0.2) is 0 Å². The monoisotopic (exact) mass is 244 g/mol. The Morgan fingerprint density at radius 1 is 1.50 bits per heavy atom. The molecule has 96 valence electrons. The Morgan fingerprint density at radius 3 is 3.22 bits per heavy atom.